The summed E-state index contributed by atoms with van der Waals surface area (Å²) in [5.41, 5.74) is 0. The summed E-state index contributed by atoms with van der Waals surface area (Å²) >= 11 is 6.24. The first-order valence-corrected chi connectivity index (χ1v) is 4.69. The zero-order chi connectivity index (χ0) is 9.84. The maximum atomic E-state index is 12.4. The van der Waals surface area contributed by atoms with Crippen LogP contribution in [0.5, 0.6) is 0 Å². The lowest BCUT2D eigenvalue weighted by Gasteiger charge is -2.10. The van der Waals surface area contributed by atoms with Gasteiger partial charge in [0.15, 0.2) is 11.0 Å². The lowest BCUT2D eigenvalue weighted by molar-refractivity contribution is 0.605. The highest BCUT2D eigenvalue weighted by Crippen LogP contribution is 2.15. The van der Waals surface area contributed by atoms with Crippen molar-refractivity contribution >= 4 is 28.3 Å². The highest BCUT2D eigenvalue weighted by molar-refractivity contribution is 8.22. The average Bonchev–Trinajstić information content (AvgIpc) is 2.08. The van der Waals surface area contributed by atoms with Crippen LogP contribution in [0.4, 0.5) is 4.39 Å². The van der Waals surface area contributed by atoms with E-state index in [4.69, 9.17) is 12.2 Å². The molecule has 1 rings (SSSR count). The van der Waals surface area contributed by atoms with Crippen LogP contribution in [0.25, 0.3) is 0 Å². The molecule has 13 heavy (non-hydrogen) atoms. The fourth-order valence-corrected chi connectivity index (χ4v) is 1.30. The third-order valence-corrected chi connectivity index (χ3v) is 2.69. The van der Waals surface area contributed by atoms with E-state index in [1.54, 1.807) is 4.90 Å². The van der Waals surface area contributed by atoms with Crippen LogP contribution in [-0.2, 0) is 0 Å². The predicted molar refractivity (Wildman–Crippen MR) is 54.1 cm³/mol. The molecule has 0 aliphatic carbocycles. The standard InChI is InChI=1S/C7H8FN3S2/c1-11(2)7(12)13-6-9-3-5(8)4-10-6/h3-4H,1-2H3. The van der Waals surface area contributed by atoms with Gasteiger partial charge in [0.1, 0.15) is 4.32 Å². The molecule has 0 unspecified atom stereocenters. The Morgan fingerprint density at radius 2 is 2.00 bits per heavy atom. The molecule has 0 fully saturated rings. The summed E-state index contributed by atoms with van der Waals surface area (Å²) in [5.74, 6) is -0.444. The molecule has 0 amide bonds. The second-order valence-corrected chi connectivity index (χ2v) is 4.05. The van der Waals surface area contributed by atoms with Crippen molar-refractivity contribution in [3.8, 4) is 0 Å². The molecule has 70 valence electrons. The second kappa shape index (κ2) is 4.48. The Hall–Kier alpha value is -0.750. The number of hydrogen-bond donors (Lipinski definition) is 0. The number of halogens is 1. The molecule has 0 N–H and O–H groups in total. The van der Waals surface area contributed by atoms with E-state index in [1.807, 2.05) is 14.1 Å². The number of nitrogens with zero attached hydrogens (tertiary/aromatic N) is 3. The zero-order valence-electron chi connectivity index (χ0n) is 7.19. The normalized spacial score (nSPS) is 9.77. The molecule has 6 heteroatoms. The number of thiocarbonyl (C=S) groups is 1. The van der Waals surface area contributed by atoms with Crippen molar-refractivity contribution < 1.29 is 4.39 Å². The van der Waals surface area contributed by atoms with Gasteiger partial charge >= 0.3 is 0 Å². The Balaban J connectivity index is 2.65. The largest absolute Gasteiger partial charge is 0.363 e. The Morgan fingerprint density at radius 3 is 2.46 bits per heavy atom. The summed E-state index contributed by atoms with van der Waals surface area (Å²) in [5, 5.41) is 0.458. The average molecular weight is 217 g/mol. The zero-order valence-corrected chi connectivity index (χ0v) is 8.82. The summed E-state index contributed by atoms with van der Waals surface area (Å²) in [7, 11) is 3.66. The van der Waals surface area contributed by atoms with Gasteiger partial charge in [-0.3, -0.25) is 0 Å². The van der Waals surface area contributed by atoms with Crippen LogP contribution in [-0.4, -0.2) is 33.3 Å². The number of hydrogen-bond acceptors (Lipinski definition) is 4. The minimum absolute atomic E-state index is 0.444. The SMILES string of the molecule is CN(C)C(=S)Sc1ncc(F)cn1. The van der Waals surface area contributed by atoms with E-state index in [0.29, 0.717) is 9.48 Å². The van der Waals surface area contributed by atoms with Crippen molar-refractivity contribution in [3.05, 3.63) is 18.2 Å². The molecule has 0 aromatic carbocycles. The number of aromatic nitrogens is 2. The van der Waals surface area contributed by atoms with Crippen molar-refractivity contribution in [1.29, 1.82) is 0 Å². The molecule has 0 saturated carbocycles. The summed E-state index contributed by atoms with van der Waals surface area (Å²) in [4.78, 5) is 9.30. The van der Waals surface area contributed by atoms with E-state index in [9.17, 15) is 4.39 Å². The fraction of sp³-hybridized carbons (Fsp3) is 0.286. The molecule has 0 spiro atoms. The quantitative estimate of drug-likeness (QED) is 0.404. The van der Waals surface area contributed by atoms with E-state index >= 15 is 0 Å². The van der Waals surface area contributed by atoms with Crippen LogP contribution in [0.2, 0.25) is 0 Å². The molecule has 1 aromatic heterocycles. The van der Waals surface area contributed by atoms with Crippen LogP contribution in [0.15, 0.2) is 17.6 Å². The van der Waals surface area contributed by atoms with E-state index in [2.05, 4.69) is 9.97 Å². The molecule has 0 saturated heterocycles. The van der Waals surface area contributed by atoms with Crippen molar-refractivity contribution in [1.82, 2.24) is 14.9 Å². The van der Waals surface area contributed by atoms with Gasteiger partial charge in [-0.25, -0.2) is 14.4 Å². The Kier molecular flexibility index (Phi) is 3.56. The lowest BCUT2D eigenvalue weighted by atomic mass is 10.7. The number of thioether (sulfide) groups is 1. The fourth-order valence-electron chi connectivity index (χ4n) is 0.523. The highest BCUT2D eigenvalue weighted by Gasteiger charge is 2.04. The van der Waals surface area contributed by atoms with Gasteiger partial charge in [-0.2, -0.15) is 0 Å². The van der Waals surface area contributed by atoms with Gasteiger partial charge in [0.25, 0.3) is 0 Å². The van der Waals surface area contributed by atoms with Gasteiger partial charge in [0.05, 0.1) is 12.4 Å². The topological polar surface area (TPSA) is 29.0 Å². The Morgan fingerprint density at radius 1 is 1.46 bits per heavy atom. The molecular formula is C7H8FN3S2. The Bertz CT molecular complexity index is 299. The molecule has 0 radical (unpaired) electrons. The summed E-state index contributed by atoms with van der Waals surface area (Å²) in [6, 6.07) is 0. The van der Waals surface area contributed by atoms with Crippen LogP contribution in [0, 0.1) is 5.82 Å². The van der Waals surface area contributed by atoms with E-state index in [-0.39, 0.29) is 0 Å². The van der Waals surface area contributed by atoms with Crippen molar-refractivity contribution in [2.24, 2.45) is 0 Å². The van der Waals surface area contributed by atoms with Crippen molar-refractivity contribution in [2.45, 2.75) is 5.16 Å². The maximum absolute atomic E-state index is 12.4. The minimum atomic E-state index is -0.444. The molecule has 0 aliphatic rings. The first kappa shape index (κ1) is 10.3. The molecule has 3 nitrogen and oxygen atoms in total. The third kappa shape index (κ3) is 3.23. The second-order valence-electron chi connectivity index (χ2n) is 2.45. The van der Waals surface area contributed by atoms with Gasteiger partial charge in [0, 0.05) is 14.1 Å². The smallest absolute Gasteiger partial charge is 0.194 e. The minimum Gasteiger partial charge on any atom is -0.363 e. The number of rotatable bonds is 1. The monoisotopic (exact) mass is 217 g/mol. The first-order valence-electron chi connectivity index (χ1n) is 3.46. The van der Waals surface area contributed by atoms with Gasteiger partial charge in [-0.15, -0.1) is 0 Å². The van der Waals surface area contributed by atoms with Crippen LogP contribution in [0.1, 0.15) is 0 Å². The van der Waals surface area contributed by atoms with Crippen molar-refractivity contribution in [3.63, 3.8) is 0 Å². The first-order chi connectivity index (χ1) is 6.09. The highest BCUT2D eigenvalue weighted by atomic mass is 32.2. The van der Waals surface area contributed by atoms with E-state index in [0.717, 1.165) is 12.4 Å². The van der Waals surface area contributed by atoms with Gasteiger partial charge in [-0.05, 0) is 11.8 Å². The van der Waals surface area contributed by atoms with Crippen molar-refractivity contribution in [2.75, 3.05) is 14.1 Å². The molecule has 1 aromatic rings. The molecule has 0 bridgehead atoms. The molecule has 0 aliphatic heterocycles. The molecular weight excluding hydrogens is 209 g/mol. The Labute approximate surface area is 85.4 Å². The maximum Gasteiger partial charge on any atom is 0.194 e. The van der Waals surface area contributed by atoms with Gasteiger partial charge in [-0.1, -0.05) is 12.2 Å². The summed E-state index contributed by atoms with van der Waals surface area (Å²) in [6.45, 7) is 0. The van der Waals surface area contributed by atoms with E-state index in [1.165, 1.54) is 11.8 Å². The van der Waals surface area contributed by atoms with Gasteiger partial charge in [0.2, 0.25) is 0 Å². The molecule has 0 atom stereocenters. The lowest BCUT2D eigenvalue weighted by Crippen LogP contribution is -2.16. The predicted octanol–water partition coefficient (Wildman–Crippen LogP) is 1.55. The van der Waals surface area contributed by atoms with Crippen LogP contribution >= 0.6 is 24.0 Å². The van der Waals surface area contributed by atoms with Crippen LogP contribution in [0.3, 0.4) is 0 Å². The van der Waals surface area contributed by atoms with Crippen LogP contribution < -0.4 is 0 Å². The third-order valence-electron chi connectivity index (χ3n) is 1.14. The summed E-state index contributed by atoms with van der Waals surface area (Å²) in [6.07, 6.45) is 2.24. The van der Waals surface area contributed by atoms with E-state index < -0.39 is 5.82 Å². The summed E-state index contributed by atoms with van der Waals surface area (Å²) < 4.78 is 13.1. The molecule has 1 heterocycles. The van der Waals surface area contributed by atoms with Gasteiger partial charge < -0.3 is 4.90 Å².